The van der Waals surface area contributed by atoms with Crippen molar-refractivity contribution in [1.29, 1.82) is 0 Å². The van der Waals surface area contributed by atoms with Crippen LogP contribution in [0.5, 0.6) is 10.9 Å². The highest BCUT2D eigenvalue weighted by Crippen LogP contribution is 2.35. The van der Waals surface area contributed by atoms with E-state index < -0.39 is 24.2 Å². The third-order valence-corrected chi connectivity index (χ3v) is 6.43. The zero-order valence-corrected chi connectivity index (χ0v) is 19.7. The Kier molecular flexibility index (Phi) is 6.32. The molecule has 2 fully saturated rings. The van der Waals surface area contributed by atoms with Gasteiger partial charge in [-0.15, -0.1) is 5.10 Å². The number of pyridine rings is 2. The van der Waals surface area contributed by atoms with Crippen LogP contribution in [0.25, 0.3) is 11.1 Å². The van der Waals surface area contributed by atoms with Crippen LogP contribution in [0.2, 0.25) is 5.15 Å². The number of nitrogens with zero attached hydrogens (tertiary/aromatic N) is 4. The highest BCUT2D eigenvalue weighted by atomic mass is 35.5. The summed E-state index contributed by atoms with van der Waals surface area (Å²) < 4.78 is 22.3. The number of ether oxygens (including phenoxy) is 4. The van der Waals surface area contributed by atoms with Gasteiger partial charge in [-0.05, 0) is 30.4 Å². The van der Waals surface area contributed by atoms with Gasteiger partial charge in [-0.25, -0.2) is 4.98 Å². The van der Waals surface area contributed by atoms with Gasteiger partial charge in [0, 0.05) is 23.0 Å². The van der Waals surface area contributed by atoms with Gasteiger partial charge in [-0.3, -0.25) is 15.1 Å². The van der Waals surface area contributed by atoms with Gasteiger partial charge in [0.25, 0.3) is 11.1 Å². The van der Waals surface area contributed by atoms with E-state index in [1.807, 2.05) is 6.92 Å². The largest absolute Gasteiger partial charge is 0.494 e. The number of hydrogen-bond donors (Lipinski definition) is 2. The molecule has 0 spiro atoms. The zero-order chi connectivity index (χ0) is 23.8. The lowest BCUT2D eigenvalue weighted by Crippen LogP contribution is -2.34. The molecule has 2 aliphatic rings. The number of carbonyl (C=O) groups is 1. The van der Waals surface area contributed by atoms with Gasteiger partial charge in [-0.2, -0.15) is 0 Å². The Hall–Kier alpha value is -2.90. The Morgan fingerprint density at radius 2 is 2.00 bits per heavy atom. The number of methoxy groups -OCH3 is 1. The third kappa shape index (κ3) is 4.42. The van der Waals surface area contributed by atoms with Gasteiger partial charge < -0.3 is 24.1 Å². The molecule has 0 saturated carbocycles. The van der Waals surface area contributed by atoms with Gasteiger partial charge in [0.2, 0.25) is 5.13 Å². The average molecular weight is 506 g/mol. The van der Waals surface area contributed by atoms with Crippen molar-refractivity contribution in [3.63, 3.8) is 0 Å². The lowest BCUT2D eigenvalue weighted by molar-refractivity contribution is 0.00847. The third-order valence-electron chi connectivity index (χ3n) is 5.49. The lowest BCUT2D eigenvalue weighted by Gasteiger charge is -2.15. The Balaban J connectivity index is 1.34. The summed E-state index contributed by atoms with van der Waals surface area (Å²) in [5.74, 6) is 0.0266. The molecular formula is C21H20ClN5O6S. The van der Waals surface area contributed by atoms with Crippen molar-refractivity contribution in [2.75, 3.05) is 25.6 Å². The maximum Gasteiger partial charge on any atom is 0.296 e. The minimum absolute atomic E-state index is 0.201. The molecule has 11 nitrogen and oxygen atoms in total. The fourth-order valence-corrected chi connectivity index (χ4v) is 4.70. The molecular weight excluding hydrogens is 486 g/mol. The Morgan fingerprint density at radius 1 is 1.18 bits per heavy atom. The van der Waals surface area contributed by atoms with Crippen LogP contribution in [-0.4, -0.2) is 75.9 Å². The first kappa shape index (κ1) is 22.9. The number of aromatic nitrogens is 4. The predicted octanol–water partition coefficient (Wildman–Crippen LogP) is 2.12. The molecule has 1 amide bonds. The molecule has 0 radical (unpaired) electrons. The number of rotatable bonds is 6. The fourth-order valence-electron chi connectivity index (χ4n) is 3.90. The maximum absolute atomic E-state index is 13.1. The summed E-state index contributed by atoms with van der Waals surface area (Å²) in [5.41, 5.74) is 2.20. The normalized spacial score (nSPS) is 23.5. The monoisotopic (exact) mass is 505 g/mol. The molecule has 0 aliphatic carbocycles. The van der Waals surface area contributed by atoms with Crippen LogP contribution in [0.1, 0.15) is 16.1 Å². The molecule has 5 heterocycles. The van der Waals surface area contributed by atoms with Crippen molar-refractivity contribution in [1.82, 2.24) is 20.2 Å². The number of aryl methyl sites for hydroxylation is 1. The number of aliphatic hydroxyl groups is 1. The summed E-state index contributed by atoms with van der Waals surface area (Å²) in [5, 5.41) is 21.3. The summed E-state index contributed by atoms with van der Waals surface area (Å²) >= 11 is 7.16. The second-order valence-corrected chi connectivity index (χ2v) is 9.05. The first-order valence-electron chi connectivity index (χ1n) is 10.3. The Bertz CT molecular complexity index is 1230. The Morgan fingerprint density at radius 3 is 2.82 bits per heavy atom. The smallest absolute Gasteiger partial charge is 0.296 e. The van der Waals surface area contributed by atoms with Crippen LogP contribution < -0.4 is 14.8 Å². The maximum atomic E-state index is 13.1. The lowest BCUT2D eigenvalue weighted by atomic mass is 10.0. The van der Waals surface area contributed by atoms with Crippen molar-refractivity contribution in [3.8, 4) is 22.1 Å². The number of nitrogens with one attached hydrogen (secondary N) is 1. The quantitative estimate of drug-likeness (QED) is 0.479. The van der Waals surface area contributed by atoms with Crippen LogP contribution in [0.4, 0.5) is 5.13 Å². The standard InChI is InChI=1S/C21H20ClN5O6S/c1-9-3-10(11-4-16(22)24-6-14(11)30-2)12(5-23-9)19(29)25-20-26-27-21(34-20)33-15-8-32-17-13(28)7-31-18(15)17/h3-6,13,15,17-18,28H,7-8H2,1-2H3,(H,25,26,29)/t13-,15+,17-,18-/m1/s1. The number of halogens is 1. The van der Waals surface area contributed by atoms with E-state index in [1.165, 1.54) is 19.5 Å². The zero-order valence-electron chi connectivity index (χ0n) is 18.1. The molecule has 3 aromatic heterocycles. The van der Waals surface area contributed by atoms with Gasteiger partial charge in [-0.1, -0.05) is 16.7 Å². The SMILES string of the molecule is COc1cnc(Cl)cc1-c1cc(C)ncc1C(=O)Nc1nnc(O[C@H]2CO[C@H]3[C@@H]2OC[C@H]3O)s1. The van der Waals surface area contributed by atoms with Crippen molar-refractivity contribution < 1.29 is 28.8 Å². The van der Waals surface area contributed by atoms with Crippen LogP contribution in [0, 0.1) is 6.92 Å². The van der Waals surface area contributed by atoms with Crippen LogP contribution >= 0.6 is 22.9 Å². The van der Waals surface area contributed by atoms with E-state index in [0.29, 0.717) is 28.1 Å². The number of carbonyl (C=O) groups excluding carboxylic acids is 1. The van der Waals surface area contributed by atoms with Gasteiger partial charge in [0.1, 0.15) is 29.2 Å². The summed E-state index contributed by atoms with van der Waals surface area (Å²) in [6.07, 6.45) is 1.09. The summed E-state index contributed by atoms with van der Waals surface area (Å²) in [7, 11) is 1.51. The average Bonchev–Trinajstić information content (AvgIpc) is 3.53. The second kappa shape index (κ2) is 9.39. The Labute approximate surface area is 203 Å². The van der Waals surface area contributed by atoms with E-state index in [-0.39, 0.29) is 34.8 Å². The molecule has 0 aromatic carbocycles. The second-order valence-electron chi connectivity index (χ2n) is 7.73. The molecule has 2 aliphatic heterocycles. The molecule has 4 atom stereocenters. The summed E-state index contributed by atoms with van der Waals surface area (Å²) in [6, 6.07) is 3.39. The molecule has 2 saturated heterocycles. The molecule has 3 aromatic rings. The minimum atomic E-state index is -0.672. The van der Waals surface area contributed by atoms with Gasteiger partial charge in [0.05, 0.1) is 32.1 Å². The van der Waals surface area contributed by atoms with E-state index in [4.69, 9.17) is 30.5 Å². The van der Waals surface area contributed by atoms with Gasteiger partial charge in [0.15, 0.2) is 6.10 Å². The van der Waals surface area contributed by atoms with Crippen LogP contribution in [0.3, 0.4) is 0 Å². The number of anilines is 1. The van der Waals surface area contributed by atoms with E-state index in [9.17, 15) is 9.90 Å². The molecule has 5 rings (SSSR count). The van der Waals surface area contributed by atoms with Crippen molar-refractivity contribution in [2.45, 2.75) is 31.3 Å². The number of hydrogen-bond acceptors (Lipinski definition) is 11. The number of amides is 1. The van der Waals surface area contributed by atoms with Crippen LogP contribution in [0.15, 0.2) is 24.5 Å². The molecule has 0 unspecified atom stereocenters. The predicted molar refractivity (Wildman–Crippen MR) is 122 cm³/mol. The first-order valence-corrected chi connectivity index (χ1v) is 11.5. The molecule has 2 N–H and O–H groups in total. The number of fused-ring (bicyclic) bond motifs is 1. The molecule has 0 bridgehead atoms. The van der Waals surface area contributed by atoms with Gasteiger partial charge >= 0.3 is 0 Å². The highest BCUT2D eigenvalue weighted by Gasteiger charge is 2.48. The van der Waals surface area contributed by atoms with E-state index >= 15 is 0 Å². The summed E-state index contributed by atoms with van der Waals surface area (Å²) in [4.78, 5) is 21.4. The molecule has 34 heavy (non-hydrogen) atoms. The first-order chi connectivity index (χ1) is 16.4. The van der Waals surface area contributed by atoms with E-state index in [2.05, 4.69) is 25.5 Å². The highest BCUT2D eigenvalue weighted by molar-refractivity contribution is 7.17. The van der Waals surface area contributed by atoms with E-state index in [0.717, 1.165) is 11.3 Å². The minimum Gasteiger partial charge on any atom is -0.494 e. The van der Waals surface area contributed by atoms with Crippen molar-refractivity contribution in [3.05, 3.63) is 40.9 Å². The van der Waals surface area contributed by atoms with Crippen molar-refractivity contribution in [2.24, 2.45) is 0 Å². The summed E-state index contributed by atoms with van der Waals surface area (Å²) in [6.45, 7) is 2.29. The van der Waals surface area contributed by atoms with Crippen LogP contribution in [-0.2, 0) is 9.47 Å². The topological polar surface area (TPSA) is 138 Å². The van der Waals surface area contributed by atoms with Crippen molar-refractivity contribution >= 4 is 34.0 Å². The molecule has 13 heteroatoms. The van der Waals surface area contributed by atoms with E-state index in [1.54, 1.807) is 12.1 Å². The number of aliphatic hydroxyl groups excluding tert-OH is 1. The molecule has 178 valence electrons. The fraction of sp³-hybridized carbons (Fsp3) is 0.381.